The quantitative estimate of drug-likeness (QED) is 0.898. The average Bonchev–Trinajstić information content (AvgIpc) is 2.47. The first-order chi connectivity index (χ1) is 9.97. The fraction of sp³-hybridized carbons (Fsp3) is 0.500. The van der Waals surface area contributed by atoms with Gasteiger partial charge < -0.3 is 15.3 Å². The number of carbonyl (C=O) groups excluding carboxylic acids is 1. The normalized spacial score (nSPS) is 17.3. The minimum Gasteiger partial charge on any atom is -0.481 e. The van der Waals surface area contributed by atoms with Crippen LogP contribution in [0.25, 0.3) is 0 Å². The summed E-state index contributed by atoms with van der Waals surface area (Å²) in [5.41, 5.74) is 1.19. The number of nitrogens with one attached hydrogen (secondary N) is 1. The van der Waals surface area contributed by atoms with Gasteiger partial charge in [-0.3, -0.25) is 4.79 Å². The van der Waals surface area contributed by atoms with Crippen molar-refractivity contribution in [1.82, 2.24) is 4.90 Å². The smallest absolute Gasteiger partial charge is 0.321 e. The zero-order valence-electron chi connectivity index (χ0n) is 12.6. The Labute approximate surface area is 125 Å². The number of amides is 2. The van der Waals surface area contributed by atoms with E-state index in [0.29, 0.717) is 32.4 Å². The van der Waals surface area contributed by atoms with E-state index in [9.17, 15) is 14.7 Å². The van der Waals surface area contributed by atoms with Gasteiger partial charge in [-0.15, -0.1) is 0 Å². The summed E-state index contributed by atoms with van der Waals surface area (Å²) < 4.78 is 0. The molecule has 5 nitrogen and oxygen atoms in total. The van der Waals surface area contributed by atoms with Crippen molar-refractivity contribution in [2.24, 2.45) is 5.41 Å². The maximum atomic E-state index is 12.2. The molecule has 0 spiro atoms. The monoisotopic (exact) mass is 290 g/mol. The highest BCUT2D eigenvalue weighted by Gasteiger charge is 2.40. The molecule has 0 aliphatic carbocycles. The highest BCUT2D eigenvalue weighted by atomic mass is 16.4. The minimum atomic E-state index is -0.747. The molecule has 0 saturated carbocycles. The standard InChI is InChI=1S/C16H22N2O3/c1-3-16(14(19)20)7-9-18(10-8-16)15(21)17-13-6-4-5-12(2)11-13/h4-6,11H,3,7-10H2,1-2H3,(H,17,21)(H,19,20). The molecule has 1 aliphatic rings. The summed E-state index contributed by atoms with van der Waals surface area (Å²) in [6.45, 7) is 4.84. The van der Waals surface area contributed by atoms with E-state index >= 15 is 0 Å². The number of urea groups is 1. The second-order valence-corrected chi connectivity index (χ2v) is 5.73. The molecule has 1 heterocycles. The number of carboxylic acids is 1. The Bertz CT molecular complexity index is 534. The van der Waals surface area contributed by atoms with Gasteiger partial charge in [0, 0.05) is 18.8 Å². The number of hydrogen-bond donors (Lipinski definition) is 2. The lowest BCUT2D eigenvalue weighted by atomic mass is 9.76. The molecule has 2 N–H and O–H groups in total. The molecule has 0 unspecified atom stereocenters. The molecule has 0 bridgehead atoms. The summed E-state index contributed by atoms with van der Waals surface area (Å²) in [7, 11) is 0. The Balaban J connectivity index is 1.96. The molecule has 114 valence electrons. The molecule has 1 saturated heterocycles. The number of rotatable bonds is 3. The number of carboxylic acid groups (broad SMARTS) is 1. The van der Waals surface area contributed by atoms with Crippen LogP contribution < -0.4 is 5.32 Å². The van der Waals surface area contributed by atoms with Gasteiger partial charge in [0.15, 0.2) is 0 Å². The number of likely N-dealkylation sites (tertiary alicyclic amines) is 1. The highest BCUT2D eigenvalue weighted by Crippen LogP contribution is 2.35. The van der Waals surface area contributed by atoms with E-state index in [1.54, 1.807) is 4.90 Å². The second kappa shape index (κ2) is 6.16. The topological polar surface area (TPSA) is 69.6 Å². The number of aliphatic carboxylic acids is 1. The van der Waals surface area contributed by atoms with Gasteiger partial charge in [0.2, 0.25) is 0 Å². The zero-order valence-corrected chi connectivity index (χ0v) is 12.6. The van der Waals surface area contributed by atoms with Crippen LogP contribution in [0.4, 0.5) is 10.5 Å². The van der Waals surface area contributed by atoms with Crippen molar-refractivity contribution in [3.05, 3.63) is 29.8 Å². The van der Waals surface area contributed by atoms with Crippen LogP contribution in [0.3, 0.4) is 0 Å². The predicted octanol–water partition coefficient (Wildman–Crippen LogP) is 3.10. The summed E-state index contributed by atoms with van der Waals surface area (Å²) in [4.78, 5) is 25.3. The summed E-state index contributed by atoms with van der Waals surface area (Å²) >= 11 is 0. The zero-order chi connectivity index (χ0) is 15.5. The number of piperidine rings is 1. The maximum Gasteiger partial charge on any atom is 0.321 e. The van der Waals surface area contributed by atoms with Crippen LogP contribution in [0.2, 0.25) is 0 Å². The molecule has 1 aliphatic heterocycles. The van der Waals surface area contributed by atoms with Crippen LogP contribution in [-0.2, 0) is 4.79 Å². The van der Waals surface area contributed by atoms with E-state index in [4.69, 9.17) is 0 Å². The summed E-state index contributed by atoms with van der Waals surface area (Å²) in [5, 5.41) is 12.2. The van der Waals surface area contributed by atoms with Crippen LogP contribution in [0, 0.1) is 12.3 Å². The fourth-order valence-electron chi connectivity index (χ4n) is 2.78. The molecule has 2 rings (SSSR count). The van der Waals surface area contributed by atoms with E-state index in [0.717, 1.165) is 11.3 Å². The number of anilines is 1. The lowest BCUT2D eigenvalue weighted by Crippen LogP contribution is -2.47. The number of nitrogens with zero attached hydrogens (tertiary/aromatic N) is 1. The Morgan fingerprint density at radius 2 is 2.00 bits per heavy atom. The molecular weight excluding hydrogens is 268 g/mol. The van der Waals surface area contributed by atoms with Crippen molar-refractivity contribution in [2.75, 3.05) is 18.4 Å². The first kappa shape index (κ1) is 15.4. The second-order valence-electron chi connectivity index (χ2n) is 5.73. The highest BCUT2D eigenvalue weighted by molar-refractivity contribution is 5.89. The fourth-order valence-corrected chi connectivity index (χ4v) is 2.78. The Morgan fingerprint density at radius 1 is 1.33 bits per heavy atom. The van der Waals surface area contributed by atoms with E-state index < -0.39 is 11.4 Å². The summed E-state index contributed by atoms with van der Waals surface area (Å²) in [6.07, 6.45) is 1.63. The molecule has 1 fully saturated rings. The molecule has 0 aromatic heterocycles. The largest absolute Gasteiger partial charge is 0.481 e. The van der Waals surface area contributed by atoms with Gasteiger partial charge in [0.25, 0.3) is 0 Å². The third kappa shape index (κ3) is 3.35. The Kier molecular flexibility index (Phi) is 4.50. The minimum absolute atomic E-state index is 0.157. The van der Waals surface area contributed by atoms with Gasteiger partial charge in [0.1, 0.15) is 0 Å². The van der Waals surface area contributed by atoms with Crippen LogP contribution in [-0.4, -0.2) is 35.1 Å². The van der Waals surface area contributed by atoms with E-state index in [1.807, 2.05) is 38.1 Å². The van der Waals surface area contributed by atoms with Gasteiger partial charge in [0.05, 0.1) is 5.41 Å². The van der Waals surface area contributed by atoms with Crippen LogP contribution in [0.1, 0.15) is 31.7 Å². The van der Waals surface area contributed by atoms with Gasteiger partial charge in [-0.1, -0.05) is 19.1 Å². The van der Waals surface area contributed by atoms with Crippen molar-refractivity contribution in [3.63, 3.8) is 0 Å². The first-order valence-electron chi connectivity index (χ1n) is 7.33. The number of carbonyl (C=O) groups is 2. The third-order valence-electron chi connectivity index (χ3n) is 4.41. The van der Waals surface area contributed by atoms with Crippen molar-refractivity contribution >= 4 is 17.7 Å². The van der Waals surface area contributed by atoms with Crippen molar-refractivity contribution in [2.45, 2.75) is 33.1 Å². The number of hydrogen-bond acceptors (Lipinski definition) is 2. The molecular formula is C16H22N2O3. The van der Waals surface area contributed by atoms with Gasteiger partial charge >= 0.3 is 12.0 Å². The molecule has 0 radical (unpaired) electrons. The van der Waals surface area contributed by atoms with Crippen molar-refractivity contribution in [1.29, 1.82) is 0 Å². The van der Waals surface area contributed by atoms with Gasteiger partial charge in [-0.05, 0) is 43.9 Å². The lowest BCUT2D eigenvalue weighted by Gasteiger charge is -2.38. The average molecular weight is 290 g/mol. The Morgan fingerprint density at radius 3 is 2.52 bits per heavy atom. The van der Waals surface area contributed by atoms with E-state index in [1.165, 1.54) is 0 Å². The van der Waals surface area contributed by atoms with Gasteiger partial charge in [-0.2, -0.15) is 0 Å². The Hall–Kier alpha value is -2.04. The van der Waals surface area contributed by atoms with Crippen LogP contribution in [0.5, 0.6) is 0 Å². The predicted molar refractivity (Wildman–Crippen MR) is 81.4 cm³/mol. The SMILES string of the molecule is CCC1(C(=O)O)CCN(C(=O)Nc2cccc(C)c2)CC1. The lowest BCUT2D eigenvalue weighted by molar-refractivity contribution is -0.151. The molecule has 21 heavy (non-hydrogen) atoms. The van der Waals surface area contributed by atoms with Crippen molar-refractivity contribution in [3.8, 4) is 0 Å². The molecule has 5 heteroatoms. The van der Waals surface area contributed by atoms with E-state index in [2.05, 4.69) is 5.32 Å². The van der Waals surface area contributed by atoms with E-state index in [-0.39, 0.29) is 6.03 Å². The third-order valence-corrected chi connectivity index (χ3v) is 4.41. The van der Waals surface area contributed by atoms with Gasteiger partial charge in [-0.25, -0.2) is 4.79 Å². The molecule has 1 aromatic carbocycles. The van der Waals surface area contributed by atoms with Crippen LogP contribution >= 0.6 is 0 Å². The number of aryl methyl sites for hydroxylation is 1. The molecule has 0 atom stereocenters. The molecule has 1 aromatic rings. The maximum absolute atomic E-state index is 12.2. The summed E-state index contributed by atoms with van der Waals surface area (Å²) in [5.74, 6) is -0.747. The first-order valence-corrected chi connectivity index (χ1v) is 7.33. The van der Waals surface area contributed by atoms with Crippen molar-refractivity contribution < 1.29 is 14.7 Å². The van der Waals surface area contributed by atoms with Crippen LogP contribution in [0.15, 0.2) is 24.3 Å². The number of benzene rings is 1. The molecule has 2 amide bonds. The summed E-state index contributed by atoms with van der Waals surface area (Å²) in [6, 6.07) is 7.47.